The maximum atomic E-state index is 13.2. The summed E-state index contributed by atoms with van der Waals surface area (Å²) in [5.41, 5.74) is 4.51. The molecule has 3 aromatic rings. The van der Waals surface area contributed by atoms with Crippen molar-refractivity contribution in [2.24, 2.45) is 5.92 Å². The minimum absolute atomic E-state index is 0.102. The number of nitrogens with zero attached hydrogens (tertiary/aromatic N) is 2. The maximum absolute atomic E-state index is 13.2. The molecule has 0 atom stereocenters. The number of carbonyl (C=O) groups excluding carboxylic acids is 2. The number of carbonyl (C=O) groups is 2. The maximum Gasteiger partial charge on any atom is 0.339 e. The predicted molar refractivity (Wildman–Crippen MR) is 135 cm³/mol. The van der Waals surface area contributed by atoms with Crippen molar-refractivity contribution in [3.05, 3.63) is 53.3 Å². The van der Waals surface area contributed by atoms with Crippen LogP contribution in [0.4, 0.5) is 0 Å². The second-order valence-electron chi connectivity index (χ2n) is 10.5. The highest BCUT2D eigenvalue weighted by Gasteiger charge is 2.26. The van der Waals surface area contributed by atoms with Crippen LogP contribution in [0.2, 0.25) is 0 Å². The van der Waals surface area contributed by atoms with Crippen LogP contribution in [-0.4, -0.2) is 33.0 Å². The molecule has 0 bridgehead atoms. The van der Waals surface area contributed by atoms with Crippen molar-refractivity contribution in [2.45, 2.75) is 78.8 Å². The first-order valence-corrected chi connectivity index (χ1v) is 12.5. The minimum Gasteiger partial charge on any atom is -0.462 e. The lowest BCUT2D eigenvalue weighted by molar-refractivity contribution is 0.0525. The molecule has 1 amide bonds. The number of hydrogen-bond acceptors (Lipinski definition) is 3. The number of aromatic nitrogens is 2. The topological polar surface area (TPSA) is 64.7 Å². The fourth-order valence-corrected chi connectivity index (χ4v) is 5.08. The molecule has 6 nitrogen and oxygen atoms in total. The van der Waals surface area contributed by atoms with E-state index >= 15 is 0 Å². The van der Waals surface area contributed by atoms with Gasteiger partial charge in [0.1, 0.15) is 0 Å². The summed E-state index contributed by atoms with van der Waals surface area (Å²) in [5, 5.41) is 3.09. The van der Waals surface area contributed by atoms with E-state index < -0.39 is 0 Å². The molecule has 1 saturated carbocycles. The fraction of sp³-hybridized carbons (Fsp3) is 0.500. The highest BCUT2D eigenvalue weighted by Crippen LogP contribution is 2.34. The van der Waals surface area contributed by atoms with E-state index in [1.807, 2.05) is 71.1 Å². The Morgan fingerprint density at radius 1 is 1.06 bits per heavy atom. The van der Waals surface area contributed by atoms with E-state index in [0.29, 0.717) is 23.7 Å². The number of nitrogens with one attached hydrogen (secondary N) is 1. The molecule has 34 heavy (non-hydrogen) atoms. The number of ether oxygens (including phenoxy) is 1. The van der Waals surface area contributed by atoms with E-state index in [1.54, 1.807) is 0 Å². The van der Waals surface area contributed by atoms with E-state index in [1.165, 1.54) is 32.1 Å². The van der Waals surface area contributed by atoms with E-state index in [9.17, 15) is 9.59 Å². The van der Waals surface area contributed by atoms with Crippen LogP contribution in [0.25, 0.3) is 16.9 Å². The smallest absolute Gasteiger partial charge is 0.339 e. The summed E-state index contributed by atoms with van der Waals surface area (Å²) in [6, 6.07) is 9.78. The van der Waals surface area contributed by atoms with Gasteiger partial charge in [0.2, 0.25) is 0 Å². The zero-order chi connectivity index (χ0) is 24.5. The molecule has 0 radical (unpaired) electrons. The Morgan fingerprint density at radius 2 is 1.76 bits per heavy atom. The summed E-state index contributed by atoms with van der Waals surface area (Å²) in [6.07, 6.45) is 8.22. The third kappa shape index (κ3) is 4.91. The molecule has 0 aliphatic heterocycles. The predicted octanol–water partition coefficient (Wildman–Crippen LogP) is 6.00. The van der Waals surface area contributed by atoms with Gasteiger partial charge >= 0.3 is 5.97 Å². The molecule has 182 valence electrons. The molecule has 0 unspecified atom stereocenters. The Bertz CT molecular complexity index is 1190. The lowest BCUT2D eigenvalue weighted by Crippen LogP contribution is -2.40. The molecule has 1 N–H and O–H groups in total. The quantitative estimate of drug-likeness (QED) is 0.456. The van der Waals surface area contributed by atoms with Gasteiger partial charge in [-0.1, -0.05) is 25.3 Å². The first-order valence-electron chi connectivity index (χ1n) is 12.5. The Hall–Kier alpha value is -3.02. The Labute approximate surface area is 202 Å². The summed E-state index contributed by atoms with van der Waals surface area (Å²) in [7, 11) is 0. The molecule has 1 fully saturated rings. The number of hydrogen-bond donors (Lipinski definition) is 1. The molecule has 0 spiro atoms. The van der Waals surface area contributed by atoms with Gasteiger partial charge in [-0.05, 0) is 77.6 Å². The third-order valence-electron chi connectivity index (χ3n) is 6.70. The monoisotopic (exact) mass is 463 g/mol. The van der Waals surface area contributed by atoms with Crippen molar-refractivity contribution in [1.29, 1.82) is 0 Å². The zero-order valence-corrected chi connectivity index (χ0v) is 21.1. The fourth-order valence-electron chi connectivity index (χ4n) is 5.08. The van der Waals surface area contributed by atoms with Crippen molar-refractivity contribution >= 4 is 17.4 Å². The van der Waals surface area contributed by atoms with Gasteiger partial charge in [0.05, 0.1) is 34.6 Å². The standard InChI is InChI=1S/C28H37N3O3/c1-6-34-27(33)21-16-25(31(19(21)2)18-20-12-8-7-9-13-20)24-17-22(26(32)29-28(3,4)5)23-14-10-11-15-30(23)24/h10-11,14-17,20H,6-9,12-13,18H2,1-5H3,(H,29,32). The molecule has 0 aromatic carbocycles. The van der Waals surface area contributed by atoms with Gasteiger partial charge in [0.25, 0.3) is 5.91 Å². The normalized spacial score (nSPS) is 15.0. The third-order valence-corrected chi connectivity index (χ3v) is 6.70. The molecule has 0 saturated heterocycles. The van der Waals surface area contributed by atoms with Gasteiger partial charge in [0, 0.05) is 24.0 Å². The molecular formula is C28H37N3O3. The van der Waals surface area contributed by atoms with E-state index in [4.69, 9.17) is 4.74 Å². The number of fused-ring (bicyclic) bond motifs is 1. The SMILES string of the molecule is CCOC(=O)c1cc(-c2cc(C(=O)NC(C)(C)C)c3ccccn23)n(CC2CCCCC2)c1C. The van der Waals surface area contributed by atoms with Crippen LogP contribution in [0.1, 0.15) is 86.2 Å². The van der Waals surface area contributed by atoms with E-state index in [-0.39, 0.29) is 17.4 Å². The molecule has 6 heteroatoms. The average molecular weight is 464 g/mol. The van der Waals surface area contributed by atoms with Crippen LogP contribution in [0.15, 0.2) is 36.5 Å². The first kappa shape index (κ1) is 24.1. The van der Waals surface area contributed by atoms with Crippen LogP contribution in [-0.2, 0) is 11.3 Å². The van der Waals surface area contributed by atoms with Crippen molar-refractivity contribution in [1.82, 2.24) is 14.3 Å². The molecule has 1 aliphatic rings. The van der Waals surface area contributed by atoms with Crippen LogP contribution in [0.5, 0.6) is 0 Å². The molecule has 1 aliphatic carbocycles. The van der Waals surface area contributed by atoms with Gasteiger partial charge in [-0.15, -0.1) is 0 Å². The summed E-state index contributed by atoms with van der Waals surface area (Å²) in [5.74, 6) is 0.189. The second-order valence-corrected chi connectivity index (χ2v) is 10.5. The summed E-state index contributed by atoms with van der Waals surface area (Å²) in [4.78, 5) is 26.0. The molecule has 3 heterocycles. The molecule has 3 aromatic heterocycles. The van der Waals surface area contributed by atoms with E-state index in [0.717, 1.165) is 29.1 Å². The molecule has 4 rings (SSSR count). The Balaban J connectivity index is 1.85. The van der Waals surface area contributed by atoms with Crippen molar-refractivity contribution in [3.8, 4) is 11.4 Å². The van der Waals surface area contributed by atoms with Crippen LogP contribution in [0, 0.1) is 12.8 Å². The largest absolute Gasteiger partial charge is 0.462 e. The number of rotatable bonds is 6. The second kappa shape index (κ2) is 9.69. The van der Waals surface area contributed by atoms with E-state index in [2.05, 4.69) is 14.3 Å². The summed E-state index contributed by atoms with van der Waals surface area (Å²) >= 11 is 0. The van der Waals surface area contributed by atoms with Crippen molar-refractivity contribution in [2.75, 3.05) is 6.61 Å². The van der Waals surface area contributed by atoms with Crippen molar-refractivity contribution in [3.63, 3.8) is 0 Å². The lowest BCUT2D eigenvalue weighted by atomic mass is 9.89. The van der Waals surface area contributed by atoms with Gasteiger partial charge in [-0.25, -0.2) is 4.79 Å². The highest BCUT2D eigenvalue weighted by atomic mass is 16.5. The van der Waals surface area contributed by atoms with Gasteiger partial charge in [-0.2, -0.15) is 0 Å². The first-order chi connectivity index (χ1) is 16.2. The van der Waals surface area contributed by atoms with Crippen LogP contribution < -0.4 is 5.32 Å². The molecular weight excluding hydrogens is 426 g/mol. The average Bonchev–Trinajstić information content (AvgIpc) is 3.32. The van der Waals surface area contributed by atoms with Gasteiger partial charge < -0.3 is 19.0 Å². The Morgan fingerprint density at radius 3 is 2.44 bits per heavy atom. The number of esters is 1. The Kier molecular flexibility index (Phi) is 6.87. The minimum atomic E-state index is -0.338. The summed E-state index contributed by atoms with van der Waals surface area (Å²) < 4.78 is 9.69. The van der Waals surface area contributed by atoms with Gasteiger partial charge in [0.15, 0.2) is 0 Å². The zero-order valence-electron chi connectivity index (χ0n) is 21.1. The van der Waals surface area contributed by atoms with Crippen molar-refractivity contribution < 1.29 is 14.3 Å². The van der Waals surface area contributed by atoms with Crippen LogP contribution >= 0.6 is 0 Å². The lowest BCUT2D eigenvalue weighted by Gasteiger charge is -2.24. The van der Waals surface area contributed by atoms with Crippen LogP contribution in [0.3, 0.4) is 0 Å². The summed E-state index contributed by atoms with van der Waals surface area (Å²) in [6.45, 7) is 11.0. The number of pyridine rings is 1. The van der Waals surface area contributed by atoms with Gasteiger partial charge in [-0.3, -0.25) is 4.79 Å². The number of amides is 1. The highest BCUT2D eigenvalue weighted by molar-refractivity contribution is 6.03.